The van der Waals surface area contributed by atoms with E-state index in [-0.39, 0.29) is 6.61 Å². The van der Waals surface area contributed by atoms with Crippen LogP contribution in [0.2, 0.25) is 5.02 Å². The van der Waals surface area contributed by atoms with E-state index >= 15 is 0 Å². The van der Waals surface area contributed by atoms with Crippen LogP contribution in [0.3, 0.4) is 0 Å². The second-order valence-corrected chi connectivity index (χ2v) is 7.96. The molecule has 152 valence electrons. The van der Waals surface area contributed by atoms with Gasteiger partial charge in [0.2, 0.25) is 0 Å². The molecule has 0 aliphatic rings. The highest BCUT2D eigenvalue weighted by molar-refractivity contribution is 7.99. The van der Waals surface area contributed by atoms with Crippen LogP contribution in [-0.4, -0.2) is 26.4 Å². The predicted molar refractivity (Wildman–Crippen MR) is 113 cm³/mol. The maximum Gasteiger partial charge on any atom is 0.168 e. The van der Waals surface area contributed by atoms with Gasteiger partial charge in [-0.25, -0.2) is 4.98 Å². The second kappa shape index (κ2) is 9.82. The van der Waals surface area contributed by atoms with Crippen molar-refractivity contribution in [3.63, 3.8) is 0 Å². The van der Waals surface area contributed by atoms with Gasteiger partial charge in [0.25, 0.3) is 0 Å². The molecule has 2 N–H and O–H groups in total. The van der Waals surface area contributed by atoms with Crippen LogP contribution < -0.4 is 10.4 Å². The standard InChI is InChI=1S/C21H22ClN3O3S/c1-2-29-21-23-11-16(13-26)25(21)12-14-7-9-15(10-8-14)24-19(20(27)28)17-5-3-4-6-18(17)22/h3-11,19,24,26H,2,12-13H2,1H3,(H,27,28)/p-1. The Hall–Kier alpha value is -2.48. The average Bonchev–Trinajstić information content (AvgIpc) is 3.09. The molecular weight excluding hydrogens is 410 g/mol. The van der Waals surface area contributed by atoms with Crippen LogP contribution in [-0.2, 0) is 17.9 Å². The highest BCUT2D eigenvalue weighted by Gasteiger charge is 2.16. The summed E-state index contributed by atoms with van der Waals surface area (Å²) in [6, 6.07) is 13.2. The summed E-state index contributed by atoms with van der Waals surface area (Å²) >= 11 is 7.76. The maximum absolute atomic E-state index is 11.6. The molecule has 0 radical (unpaired) electrons. The number of rotatable bonds is 9. The summed E-state index contributed by atoms with van der Waals surface area (Å²) in [4.78, 5) is 16.0. The molecule has 1 unspecified atom stereocenters. The maximum atomic E-state index is 11.6. The zero-order chi connectivity index (χ0) is 20.8. The van der Waals surface area contributed by atoms with E-state index in [1.807, 2.05) is 28.8 Å². The van der Waals surface area contributed by atoms with Gasteiger partial charge < -0.3 is 24.9 Å². The van der Waals surface area contributed by atoms with Gasteiger partial charge in [0, 0.05) is 17.3 Å². The second-order valence-electron chi connectivity index (χ2n) is 6.32. The van der Waals surface area contributed by atoms with Crippen molar-refractivity contribution in [2.45, 2.75) is 31.3 Å². The number of aliphatic carboxylic acids is 1. The Morgan fingerprint density at radius 2 is 2.00 bits per heavy atom. The summed E-state index contributed by atoms with van der Waals surface area (Å²) in [6.45, 7) is 2.53. The van der Waals surface area contributed by atoms with Gasteiger partial charge in [-0.3, -0.25) is 0 Å². The van der Waals surface area contributed by atoms with Gasteiger partial charge in [0.15, 0.2) is 5.16 Å². The van der Waals surface area contributed by atoms with Gasteiger partial charge in [0.05, 0.1) is 30.5 Å². The number of aliphatic hydroxyl groups excluding tert-OH is 1. The number of nitrogens with one attached hydrogen (secondary N) is 1. The molecule has 1 heterocycles. The molecule has 0 saturated carbocycles. The van der Waals surface area contributed by atoms with Crippen LogP contribution in [0.4, 0.5) is 5.69 Å². The van der Waals surface area contributed by atoms with E-state index in [2.05, 4.69) is 17.2 Å². The third-order valence-corrected chi connectivity index (χ3v) is 5.61. The minimum atomic E-state index is -1.26. The number of hydrogen-bond donors (Lipinski definition) is 2. The third-order valence-electron chi connectivity index (χ3n) is 4.39. The lowest BCUT2D eigenvalue weighted by atomic mass is 10.1. The molecule has 3 aromatic rings. The number of thioether (sulfide) groups is 1. The number of carbonyl (C=O) groups is 1. The molecule has 0 bridgehead atoms. The summed E-state index contributed by atoms with van der Waals surface area (Å²) in [5.74, 6) is -0.369. The highest BCUT2D eigenvalue weighted by Crippen LogP contribution is 2.26. The van der Waals surface area contributed by atoms with E-state index in [4.69, 9.17) is 11.6 Å². The molecule has 0 amide bonds. The molecular formula is C21H21ClN3O3S-. The van der Waals surface area contributed by atoms with Crippen LogP contribution in [0.25, 0.3) is 0 Å². The molecule has 1 atom stereocenters. The third kappa shape index (κ3) is 5.12. The predicted octanol–water partition coefficient (Wildman–Crippen LogP) is 3.09. The van der Waals surface area contributed by atoms with Crippen molar-refractivity contribution in [3.8, 4) is 0 Å². The van der Waals surface area contributed by atoms with Gasteiger partial charge >= 0.3 is 0 Å². The van der Waals surface area contributed by atoms with Crippen molar-refractivity contribution in [2.24, 2.45) is 0 Å². The molecule has 0 aliphatic heterocycles. The van der Waals surface area contributed by atoms with Crippen LogP contribution >= 0.6 is 23.4 Å². The molecule has 0 aliphatic carbocycles. The first-order valence-corrected chi connectivity index (χ1v) is 10.5. The zero-order valence-corrected chi connectivity index (χ0v) is 17.4. The Labute approximate surface area is 178 Å². The molecule has 0 saturated heterocycles. The first kappa shape index (κ1) is 21.2. The summed E-state index contributed by atoms with van der Waals surface area (Å²) < 4.78 is 1.98. The Morgan fingerprint density at radius 1 is 1.28 bits per heavy atom. The number of carbonyl (C=O) groups excluding carboxylic acids is 1. The monoisotopic (exact) mass is 430 g/mol. The lowest BCUT2D eigenvalue weighted by molar-refractivity contribution is -0.307. The molecule has 29 heavy (non-hydrogen) atoms. The van der Waals surface area contributed by atoms with Crippen molar-refractivity contribution >= 4 is 35.0 Å². The Morgan fingerprint density at radius 3 is 2.62 bits per heavy atom. The minimum Gasteiger partial charge on any atom is -0.548 e. The van der Waals surface area contributed by atoms with E-state index in [0.29, 0.717) is 22.8 Å². The molecule has 8 heteroatoms. The summed E-state index contributed by atoms with van der Waals surface area (Å²) in [6.07, 6.45) is 1.68. The van der Waals surface area contributed by atoms with Crippen molar-refractivity contribution in [1.82, 2.24) is 9.55 Å². The van der Waals surface area contributed by atoms with Gasteiger partial charge in [0.1, 0.15) is 0 Å². The van der Waals surface area contributed by atoms with Gasteiger partial charge in [-0.2, -0.15) is 0 Å². The quantitative estimate of drug-likeness (QED) is 0.507. The first-order chi connectivity index (χ1) is 14.0. The van der Waals surface area contributed by atoms with E-state index in [0.717, 1.165) is 22.2 Å². The SMILES string of the molecule is CCSc1ncc(CO)n1Cc1ccc(NC(C(=O)[O-])c2ccccc2Cl)cc1. The lowest BCUT2D eigenvalue weighted by Gasteiger charge is -2.22. The normalized spacial score (nSPS) is 12.0. The van der Waals surface area contributed by atoms with Crippen LogP contribution in [0.1, 0.15) is 29.8 Å². The lowest BCUT2D eigenvalue weighted by Crippen LogP contribution is -2.34. The van der Waals surface area contributed by atoms with Gasteiger partial charge in [-0.05, 0) is 35.1 Å². The van der Waals surface area contributed by atoms with Crippen molar-refractivity contribution in [2.75, 3.05) is 11.1 Å². The Bertz CT molecular complexity index is 976. The number of anilines is 1. The molecule has 2 aromatic carbocycles. The number of imidazole rings is 1. The zero-order valence-electron chi connectivity index (χ0n) is 15.8. The van der Waals surface area contributed by atoms with Crippen molar-refractivity contribution in [1.29, 1.82) is 0 Å². The highest BCUT2D eigenvalue weighted by atomic mass is 35.5. The number of aromatic nitrogens is 2. The first-order valence-electron chi connectivity index (χ1n) is 9.12. The number of hydrogen-bond acceptors (Lipinski definition) is 6. The van der Waals surface area contributed by atoms with E-state index in [1.165, 1.54) is 0 Å². The van der Waals surface area contributed by atoms with E-state index in [9.17, 15) is 15.0 Å². The fourth-order valence-electron chi connectivity index (χ4n) is 2.96. The van der Waals surface area contributed by atoms with Crippen molar-refractivity contribution in [3.05, 3.63) is 76.6 Å². The number of halogens is 1. The number of nitrogens with zero attached hydrogens (tertiary/aromatic N) is 2. The van der Waals surface area contributed by atoms with Gasteiger partial charge in [-0.15, -0.1) is 0 Å². The van der Waals surface area contributed by atoms with E-state index < -0.39 is 12.0 Å². The van der Waals surface area contributed by atoms with Crippen LogP contribution in [0.5, 0.6) is 0 Å². The molecule has 0 spiro atoms. The smallest absolute Gasteiger partial charge is 0.168 e. The van der Waals surface area contributed by atoms with E-state index in [1.54, 1.807) is 42.2 Å². The fourth-order valence-corrected chi connectivity index (χ4v) is 3.93. The molecule has 6 nitrogen and oxygen atoms in total. The number of aliphatic hydroxyl groups is 1. The van der Waals surface area contributed by atoms with Crippen molar-refractivity contribution < 1.29 is 15.0 Å². The molecule has 3 rings (SSSR count). The largest absolute Gasteiger partial charge is 0.548 e. The Kier molecular flexibility index (Phi) is 7.19. The summed E-state index contributed by atoms with van der Waals surface area (Å²) in [7, 11) is 0. The molecule has 0 fully saturated rings. The fraction of sp³-hybridized carbons (Fsp3) is 0.238. The number of benzene rings is 2. The molecule has 1 aromatic heterocycles. The number of carboxylic acid groups (broad SMARTS) is 1. The topological polar surface area (TPSA) is 90.2 Å². The average molecular weight is 431 g/mol. The number of carboxylic acids is 1. The summed E-state index contributed by atoms with van der Waals surface area (Å²) in [5.41, 5.74) is 2.84. The minimum absolute atomic E-state index is 0.0813. The Balaban J connectivity index is 1.77. The summed E-state index contributed by atoms with van der Waals surface area (Å²) in [5, 5.41) is 25.4. The van der Waals surface area contributed by atoms with Crippen LogP contribution in [0.15, 0.2) is 59.9 Å². The van der Waals surface area contributed by atoms with Crippen LogP contribution in [0, 0.1) is 0 Å². The van der Waals surface area contributed by atoms with Gasteiger partial charge in [-0.1, -0.05) is 60.6 Å².